The average molecular weight is 1130 g/mol. The first kappa shape index (κ1) is 62.6. The normalized spacial score (nSPS) is 19.2. The number of likely N-dealkylation sites (tertiary alicyclic amines) is 2. The van der Waals surface area contributed by atoms with Gasteiger partial charge in [0, 0.05) is 83.8 Å². The number of nitrogens with zero attached hydrogens (tertiary/aromatic N) is 4. The second kappa shape index (κ2) is 30.8. The van der Waals surface area contributed by atoms with Crippen LogP contribution in [0.4, 0.5) is 43.7 Å². The van der Waals surface area contributed by atoms with Crippen LogP contribution in [-0.4, -0.2) is 147 Å². The Bertz CT molecular complexity index is 2690. The van der Waals surface area contributed by atoms with Crippen LogP contribution in [0.5, 0.6) is 0 Å². The number of amides is 8. The molecule has 79 heavy (non-hydrogen) atoms. The van der Waals surface area contributed by atoms with Gasteiger partial charge in [-0.25, -0.2) is 9.59 Å². The summed E-state index contributed by atoms with van der Waals surface area (Å²) in [5.41, 5.74) is 3.63. The van der Waals surface area contributed by atoms with Crippen molar-refractivity contribution in [1.29, 1.82) is 0 Å². The number of hydrogen-bond donors (Lipinski definition) is 5. The number of carbonyl (C=O) groups excluding carboxylic acids is 7. The van der Waals surface area contributed by atoms with Gasteiger partial charge in [0.1, 0.15) is 31.4 Å². The van der Waals surface area contributed by atoms with Crippen LogP contribution in [0.2, 0.25) is 10.0 Å². The largest absolute Gasteiger partial charge is 0.460 e. The Morgan fingerprint density at radius 3 is 1.33 bits per heavy atom. The van der Waals surface area contributed by atoms with E-state index in [1.165, 1.54) is 9.80 Å². The van der Waals surface area contributed by atoms with E-state index in [0.29, 0.717) is 83.7 Å². The van der Waals surface area contributed by atoms with E-state index in [-0.39, 0.29) is 62.0 Å². The van der Waals surface area contributed by atoms with E-state index in [2.05, 4.69) is 34.1 Å². The van der Waals surface area contributed by atoms with Gasteiger partial charge in [-0.3, -0.25) is 24.0 Å². The molecule has 0 aliphatic carbocycles. The molecule has 0 bridgehead atoms. The Hall–Kier alpha value is -7.25. The zero-order valence-corrected chi connectivity index (χ0v) is 46.7. The molecule has 0 saturated carbocycles. The van der Waals surface area contributed by atoms with E-state index >= 15 is 0 Å². The van der Waals surface area contributed by atoms with Gasteiger partial charge >= 0.3 is 18.0 Å². The van der Waals surface area contributed by atoms with E-state index in [0.717, 1.165) is 12.1 Å². The Morgan fingerprint density at radius 1 is 0.620 bits per heavy atom. The summed E-state index contributed by atoms with van der Waals surface area (Å²) in [5, 5.41) is 21.3. The van der Waals surface area contributed by atoms with E-state index in [1.54, 1.807) is 128 Å². The van der Waals surface area contributed by atoms with Crippen molar-refractivity contribution in [3.63, 3.8) is 0 Å². The molecule has 20 nitrogen and oxygen atoms in total. The predicted octanol–water partition coefficient (Wildman–Crippen LogP) is 8.14. The van der Waals surface area contributed by atoms with Crippen molar-refractivity contribution in [2.45, 2.75) is 84.3 Å². The molecule has 0 spiro atoms. The first-order chi connectivity index (χ1) is 37.8. The van der Waals surface area contributed by atoms with E-state index < -0.39 is 42.1 Å². The molecule has 4 saturated heterocycles. The van der Waals surface area contributed by atoms with Crippen LogP contribution in [-0.2, 0) is 42.9 Å². The summed E-state index contributed by atoms with van der Waals surface area (Å²) in [6, 6.07) is 24.8. The monoisotopic (exact) mass is 1130 g/mol. The molecule has 4 aliphatic heterocycles. The topological polar surface area (TPSA) is 238 Å². The Morgan fingerprint density at radius 2 is 0.987 bits per heavy atom. The number of terminal acetylenes is 1. The van der Waals surface area contributed by atoms with Crippen molar-refractivity contribution in [2.24, 2.45) is 11.8 Å². The zero-order valence-electron chi connectivity index (χ0n) is 45.2. The second-order valence-electron chi connectivity index (χ2n) is 19.2. The SMILES string of the molecule is C#C.CC(C)C(=O)O[C@@H]1C[C@H](C(=O)Nc2ccc(N3CCOCC3=O)cc2)N(C(=O)Nc2ccc(Cl)cc2)C1.CCC(O)C(C)C.CO[C@@H]1C[C@H](C(=O)Nc2ccc(N3CCOCC3=O)cc2)N(C(=O)Nc2ccc(Cl)cc2)C1. The number of morpholine rings is 2. The number of urea groups is 2. The van der Waals surface area contributed by atoms with Gasteiger partial charge in [-0.2, -0.15) is 0 Å². The predicted molar refractivity (Wildman–Crippen MR) is 304 cm³/mol. The van der Waals surface area contributed by atoms with Crippen molar-refractivity contribution in [2.75, 3.05) is 90.8 Å². The number of aliphatic hydroxyl groups excluding tert-OH is 1. The number of carbonyl (C=O) groups is 7. The van der Waals surface area contributed by atoms with Crippen molar-refractivity contribution in [3.8, 4) is 12.8 Å². The molecular weight excluding hydrogens is 1060 g/mol. The highest BCUT2D eigenvalue weighted by Crippen LogP contribution is 2.28. The number of methoxy groups -OCH3 is 1. The molecule has 22 heteroatoms. The maximum Gasteiger partial charge on any atom is 0.322 e. The van der Waals surface area contributed by atoms with Gasteiger partial charge in [0.05, 0.1) is 37.9 Å². The molecule has 5 atom stereocenters. The summed E-state index contributed by atoms with van der Waals surface area (Å²) in [6.45, 7) is 11.9. The fraction of sp³-hybridized carbons (Fsp3) is 0.421. The molecule has 8 rings (SSSR count). The third-order valence-corrected chi connectivity index (χ3v) is 13.5. The molecule has 4 aromatic rings. The number of esters is 1. The van der Waals surface area contributed by atoms with Crippen LogP contribution in [0.15, 0.2) is 97.1 Å². The Kier molecular flexibility index (Phi) is 24.4. The Labute approximate surface area is 471 Å². The second-order valence-corrected chi connectivity index (χ2v) is 20.1. The number of benzene rings is 4. The maximum absolute atomic E-state index is 13.3. The average Bonchev–Trinajstić information content (AvgIpc) is 4.09. The van der Waals surface area contributed by atoms with Crippen LogP contribution in [0.1, 0.15) is 53.9 Å². The lowest BCUT2D eigenvalue weighted by Gasteiger charge is -2.27. The lowest BCUT2D eigenvalue weighted by molar-refractivity contribution is -0.152. The van der Waals surface area contributed by atoms with Gasteiger partial charge in [0.25, 0.3) is 11.8 Å². The molecule has 424 valence electrons. The standard InChI is InChI=1S/C26H29ClN4O6.C23H25ClN4O5.C6H14O.C2H2/c1-16(2)25(34)37-21-13-22(31(14-21)26(35)29-19-5-3-17(27)4-6-19)24(33)28-18-7-9-20(10-8-18)30-11-12-36-15-23(30)32;1-32-19-12-20(28(13-19)23(31)26-17-4-2-15(24)3-5-17)22(30)25-16-6-8-18(9-7-16)27-10-11-33-14-21(27)29;1-4-6(7)5(2)3;1-2/h3-10,16,21-22H,11-15H2,1-2H3,(H,28,33)(H,29,35);2-9,19-20H,10-14H2,1H3,(H,25,30)(H,26,31);5-7H,4H2,1-3H3;1-2H/t21-,22-;19-,20-;;/m11../s1. The molecule has 4 heterocycles. The zero-order chi connectivity index (χ0) is 57.8. The highest BCUT2D eigenvalue weighted by molar-refractivity contribution is 6.31. The summed E-state index contributed by atoms with van der Waals surface area (Å²) in [4.78, 5) is 94.6. The van der Waals surface area contributed by atoms with Crippen LogP contribution >= 0.6 is 23.2 Å². The molecular formula is C57H70Cl2N8O12. The van der Waals surface area contributed by atoms with E-state index in [9.17, 15) is 33.6 Å². The van der Waals surface area contributed by atoms with Gasteiger partial charge in [-0.15, -0.1) is 12.8 Å². The first-order valence-corrected chi connectivity index (χ1v) is 26.6. The molecule has 4 aliphatic rings. The number of halogens is 2. The van der Waals surface area contributed by atoms with Gasteiger partial charge in [0.15, 0.2) is 0 Å². The number of aliphatic hydroxyl groups is 1. The maximum atomic E-state index is 13.3. The molecule has 8 amide bonds. The molecule has 0 aromatic heterocycles. The summed E-state index contributed by atoms with van der Waals surface area (Å²) in [5.74, 6) is -1.25. The van der Waals surface area contributed by atoms with Crippen LogP contribution in [0.25, 0.3) is 0 Å². The van der Waals surface area contributed by atoms with E-state index in [1.807, 2.05) is 20.8 Å². The lowest BCUT2D eigenvalue weighted by Crippen LogP contribution is -2.45. The van der Waals surface area contributed by atoms with Gasteiger partial charge in [0.2, 0.25) is 11.8 Å². The molecule has 4 aromatic carbocycles. The third-order valence-electron chi connectivity index (χ3n) is 13.0. The highest BCUT2D eigenvalue weighted by Gasteiger charge is 2.42. The molecule has 1 unspecified atom stereocenters. The minimum atomic E-state index is -0.863. The molecule has 4 fully saturated rings. The summed E-state index contributed by atoms with van der Waals surface area (Å²) in [6.07, 6.45) is 8.47. The van der Waals surface area contributed by atoms with E-state index in [4.69, 9.17) is 47.3 Å². The van der Waals surface area contributed by atoms with Gasteiger partial charge < -0.3 is 64.9 Å². The smallest absolute Gasteiger partial charge is 0.322 e. The number of hydrogen-bond acceptors (Lipinski definition) is 12. The molecule has 5 N–H and O–H groups in total. The van der Waals surface area contributed by atoms with Crippen LogP contribution in [0.3, 0.4) is 0 Å². The van der Waals surface area contributed by atoms with Crippen molar-refractivity contribution in [1.82, 2.24) is 9.80 Å². The number of anilines is 6. The van der Waals surface area contributed by atoms with Crippen molar-refractivity contribution >= 4 is 99.0 Å². The number of rotatable bonds is 13. The Balaban J connectivity index is 0.000000253. The lowest BCUT2D eigenvalue weighted by atomic mass is 10.1. The van der Waals surface area contributed by atoms with Crippen LogP contribution < -0.4 is 31.1 Å². The van der Waals surface area contributed by atoms with Gasteiger partial charge in [-0.1, -0.05) is 57.8 Å². The van der Waals surface area contributed by atoms with Crippen molar-refractivity contribution in [3.05, 3.63) is 107 Å². The summed E-state index contributed by atoms with van der Waals surface area (Å²) < 4.78 is 21.3. The third kappa shape index (κ3) is 18.4. The van der Waals surface area contributed by atoms with Gasteiger partial charge in [-0.05, 0) is 109 Å². The first-order valence-electron chi connectivity index (χ1n) is 25.8. The molecule has 0 radical (unpaired) electrons. The summed E-state index contributed by atoms with van der Waals surface area (Å²) >= 11 is 11.8. The quantitative estimate of drug-likeness (QED) is 0.0630. The van der Waals surface area contributed by atoms with Crippen LogP contribution in [0, 0.1) is 24.7 Å². The fourth-order valence-corrected chi connectivity index (χ4v) is 8.76. The summed E-state index contributed by atoms with van der Waals surface area (Å²) in [7, 11) is 1.56. The minimum absolute atomic E-state index is 0.0383. The number of nitrogens with one attached hydrogen (secondary N) is 4. The number of ether oxygens (including phenoxy) is 4. The van der Waals surface area contributed by atoms with Crippen molar-refractivity contribution < 1.29 is 57.6 Å². The fourth-order valence-electron chi connectivity index (χ4n) is 8.51. The minimum Gasteiger partial charge on any atom is -0.460 e. The highest BCUT2D eigenvalue weighted by atomic mass is 35.5.